The fraction of sp³-hybridized carbons (Fsp3) is 0.444. The van der Waals surface area contributed by atoms with Crippen LogP contribution >= 0.6 is 23.2 Å². The van der Waals surface area contributed by atoms with Gasteiger partial charge >= 0.3 is 0 Å². The van der Waals surface area contributed by atoms with Crippen molar-refractivity contribution in [1.82, 2.24) is 10.5 Å². The van der Waals surface area contributed by atoms with Crippen molar-refractivity contribution in [3.63, 3.8) is 0 Å². The Morgan fingerprint density at radius 1 is 1.23 bits per heavy atom. The number of aryl methyl sites for hydroxylation is 2. The van der Waals surface area contributed by atoms with E-state index in [1.54, 1.807) is 0 Å². The molecule has 0 saturated heterocycles. The maximum absolute atomic E-state index is 11.9. The number of halogens is 2. The van der Waals surface area contributed by atoms with Crippen molar-refractivity contribution >= 4 is 29.1 Å². The smallest absolute Gasteiger partial charge is 0.251 e. The number of unbranched alkanes of at least 4 members (excludes halogenated alkanes) is 2. The largest absolute Gasteiger partial charge is 0.490 e. The minimum absolute atomic E-state index is 0.134. The van der Waals surface area contributed by atoms with Crippen molar-refractivity contribution in [2.24, 2.45) is 0 Å². The Hall–Kier alpha value is -1.76. The normalized spacial score (nSPS) is 10.8. The molecular formula is C18H22Cl2N2O4. The van der Waals surface area contributed by atoms with E-state index in [0.29, 0.717) is 17.9 Å². The van der Waals surface area contributed by atoms with Gasteiger partial charge in [-0.15, -0.1) is 0 Å². The number of nitrogens with zero attached hydrogens (tertiary/aromatic N) is 1. The summed E-state index contributed by atoms with van der Waals surface area (Å²) in [6.45, 7) is 2.41. The standard InChI is InChI=1S/C18H22Cl2N2O4/c1-12-9-14(26-22-12)5-3-2-4-8-25-17-15(19)10-13(11-16(17)20)18(24)21-6-7-23/h9-11,23H,2-8H2,1H3,(H,21,24). The topological polar surface area (TPSA) is 84.6 Å². The molecule has 0 aliphatic heterocycles. The molecule has 0 atom stereocenters. The molecule has 1 heterocycles. The van der Waals surface area contributed by atoms with Gasteiger partial charge in [0.05, 0.1) is 29.0 Å². The van der Waals surface area contributed by atoms with E-state index in [1.165, 1.54) is 12.1 Å². The van der Waals surface area contributed by atoms with Crippen molar-refractivity contribution in [1.29, 1.82) is 0 Å². The Balaban J connectivity index is 1.77. The number of ether oxygens (including phenoxy) is 1. The van der Waals surface area contributed by atoms with E-state index in [0.717, 1.165) is 37.1 Å². The second-order valence-corrected chi connectivity index (χ2v) is 6.66. The number of aliphatic hydroxyl groups excluding tert-OH is 1. The molecule has 6 nitrogen and oxygen atoms in total. The van der Waals surface area contributed by atoms with Gasteiger partial charge < -0.3 is 19.7 Å². The van der Waals surface area contributed by atoms with E-state index in [9.17, 15) is 4.79 Å². The molecule has 2 N–H and O–H groups in total. The molecule has 0 aliphatic carbocycles. The highest BCUT2D eigenvalue weighted by Gasteiger charge is 2.14. The van der Waals surface area contributed by atoms with E-state index < -0.39 is 0 Å². The van der Waals surface area contributed by atoms with E-state index >= 15 is 0 Å². The van der Waals surface area contributed by atoms with Gasteiger partial charge in [0.2, 0.25) is 0 Å². The van der Waals surface area contributed by atoms with Crippen molar-refractivity contribution in [3.8, 4) is 5.75 Å². The van der Waals surface area contributed by atoms with E-state index in [-0.39, 0.29) is 29.1 Å². The van der Waals surface area contributed by atoms with E-state index in [4.69, 9.17) is 37.6 Å². The summed E-state index contributed by atoms with van der Waals surface area (Å²) < 4.78 is 10.8. The second kappa shape index (κ2) is 10.4. The molecular weight excluding hydrogens is 379 g/mol. The predicted octanol–water partition coefficient (Wildman–Crippen LogP) is 3.80. The molecule has 1 amide bonds. The second-order valence-electron chi connectivity index (χ2n) is 5.84. The first-order valence-corrected chi connectivity index (χ1v) is 9.20. The number of nitrogens with one attached hydrogen (secondary N) is 1. The Morgan fingerprint density at radius 3 is 2.58 bits per heavy atom. The van der Waals surface area contributed by atoms with Gasteiger partial charge in [-0.3, -0.25) is 4.79 Å². The van der Waals surface area contributed by atoms with Crippen molar-refractivity contribution in [2.75, 3.05) is 19.8 Å². The average molecular weight is 401 g/mol. The van der Waals surface area contributed by atoms with Crippen LogP contribution in [-0.2, 0) is 6.42 Å². The summed E-state index contributed by atoms with van der Waals surface area (Å²) in [6.07, 6.45) is 3.64. The Bertz CT molecular complexity index is 711. The van der Waals surface area contributed by atoms with Gasteiger partial charge in [0.1, 0.15) is 5.76 Å². The number of hydrogen-bond donors (Lipinski definition) is 2. The van der Waals surface area contributed by atoms with Crippen molar-refractivity contribution in [2.45, 2.75) is 32.6 Å². The van der Waals surface area contributed by atoms with Crippen LogP contribution < -0.4 is 10.1 Å². The number of carbonyl (C=O) groups excluding carboxylic acids is 1. The van der Waals surface area contributed by atoms with Gasteiger partial charge in [-0.2, -0.15) is 0 Å². The first-order chi connectivity index (χ1) is 12.5. The highest BCUT2D eigenvalue weighted by Crippen LogP contribution is 2.34. The van der Waals surface area contributed by atoms with Crippen molar-refractivity contribution in [3.05, 3.63) is 45.3 Å². The molecule has 2 aromatic rings. The molecule has 142 valence electrons. The van der Waals surface area contributed by atoms with E-state index in [1.807, 2.05) is 13.0 Å². The maximum Gasteiger partial charge on any atom is 0.251 e. The Labute approximate surface area is 162 Å². The fourth-order valence-corrected chi connectivity index (χ4v) is 2.98. The number of aliphatic hydroxyl groups is 1. The van der Waals surface area contributed by atoms with Crippen LogP contribution in [-0.4, -0.2) is 35.9 Å². The summed E-state index contributed by atoms with van der Waals surface area (Å²) in [6, 6.07) is 4.94. The quantitative estimate of drug-likeness (QED) is 0.592. The summed E-state index contributed by atoms with van der Waals surface area (Å²) in [7, 11) is 0. The van der Waals surface area contributed by atoms with E-state index in [2.05, 4.69) is 10.5 Å². The molecule has 0 unspecified atom stereocenters. The first-order valence-electron chi connectivity index (χ1n) is 8.44. The van der Waals surface area contributed by atoms with Gasteiger partial charge in [0.15, 0.2) is 5.75 Å². The fourth-order valence-electron chi connectivity index (χ4n) is 2.39. The molecule has 1 aromatic heterocycles. The zero-order valence-electron chi connectivity index (χ0n) is 14.6. The molecule has 0 radical (unpaired) electrons. The molecule has 0 saturated carbocycles. The summed E-state index contributed by atoms with van der Waals surface area (Å²) in [4.78, 5) is 11.9. The van der Waals surface area contributed by atoms with Gasteiger partial charge in [-0.05, 0) is 38.3 Å². The third kappa shape index (κ3) is 6.20. The van der Waals surface area contributed by atoms with Crippen LogP contribution in [0.25, 0.3) is 0 Å². The third-order valence-electron chi connectivity index (χ3n) is 3.65. The lowest BCUT2D eigenvalue weighted by atomic mass is 10.1. The number of hydrogen-bond acceptors (Lipinski definition) is 5. The lowest BCUT2D eigenvalue weighted by molar-refractivity contribution is 0.0944. The summed E-state index contributed by atoms with van der Waals surface area (Å²) in [5.74, 6) is 0.916. The van der Waals surface area contributed by atoms with Crippen LogP contribution in [0.5, 0.6) is 5.75 Å². The number of amides is 1. The van der Waals surface area contributed by atoms with Crippen LogP contribution in [0.1, 0.15) is 41.1 Å². The number of carbonyl (C=O) groups is 1. The summed E-state index contributed by atoms with van der Waals surface area (Å²) in [5.41, 5.74) is 1.21. The number of rotatable bonds is 10. The molecule has 1 aromatic carbocycles. The molecule has 0 bridgehead atoms. The molecule has 8 heteroatoms. The van der Waals surface area contributed by atoms with Crippen LogP contribution in [0, 0.1) is 6.92 Å². The van der Waals surface area contributed by atoms with Crippen LogP contribution in [0.15, 0.2) is 22.7 Å². The lowest BCUT2D eigenvalue weighted by Gasteiger charge is -2.12. The zero-order valence-corrected chi connectivity index (χ0v) is 16.1. The Kier molecular flexibility index (Phi) is 8.22. The Morgan fingerprint density at radius 2 is 1.96 bits per heavy atom. The third-order valence-corrected chi connectivity index (χ3v) is 4.21. The summed E-state index contributed by atoms with van der Waals surface area (Å²) in [5, 5.41) is 15.7. The zero-order chi connectivity index (χ0) is 18.9. The minimum Gasteiger partial charge on any atom is -0.490 e. The van der Waals surface area contributed by atoms with Gasteiger partial charge in [0, 0.05) is 24.6 Å². The molecule has 0 fully saturated rings. The number of aromatic nitrogens is 1. The summed E-state index contributed by atoms with van der Waals surface area (Å²) >= 11 is 12.4. The van der Waals surface area contributed by atoms with Crippen LogP contribution in [0.4, 0.5) is 0 Å². The molecule has 2 rings (SSSR count). The van der Waals surface area contributed by atoms with Gasteiger partial charge in [-0.25, -0.2) is 0 Å². The van der Waals surface area contributed by atoms with Crippen molar-refractivity contribution < 1.29 is 19.2 Å². The minimum atomic E-state index is -0.350. The van der Waals surface area contributed by atoms with Crippen LogP contribution in [0.3, 0.4) is 0 Å². The highest BCUT2D eigenvalue weighted by atomic mass is 35.5. The average Bonchev–Trinajstić information content (AvgIpc) is 3.02. The predicted molar refractivity (Wildman–Crippen MR) is 100 cm³/mol. The first kappa shape index (κ1) is 20.6. The monoisotopic (exact) mass is 400 g/mol. The number of benzene rings is 1. The maximum atomic E-state index is 11.9. The highest BCUT2D eigenvalue weighted by molar-refractivity contribution is 6.37. The lowest BCUT2D eigenvalue weighted by Crippen LogP contribution is -2.26. The van der Waals surface area contributed by atoms with Crippen LogP contribution in [0.2, 0.25) is 10.0 Å². The molecule has 0 aliphatic rings. The SMILES string of the molecule is Cc1cc(CCCCCOc2c(Cl)cc(C(=O)NCCO)cc2Cl)on1. The molecule has 26 heavy (non-hydrogen) atoms. The molecule has 0 spiro atoms. The van der Waals surface area contributed by atoms with Gasteiger partial charge in [0.25, 0.3) is 5.91 Å². The van der Waals surface area contributed by atoms with Gasteiger partial charge in [-0.1, -0.05) is 28.4 Å².